The molecule has 0 heterocycles. The van der Waals surface area contributed by atoms with Crippen molar-refractivity contribution in [2.45, 2.75) is 5.92 Å². The van der Waals surface area contributed by atoms with E-state index in [-0.39, 0.29) is 0 Å². The Hall–Kier alpha value is -5.94. The molecule has 37 heavy (non-hydrogen) atoms. The molecule has 188 valence electrons. The summed E-state index contributed by atoms with van der Waals surface area (Å²) >= 11 is 0. The van der Waals surface area contributed by atoms with E-state index >= 15 is 0 Å². The van der Waals surface area contributed by atoms with Crippen molar-refractivity contribution in [2.75, 3.05) is 0 Å². The summed E-state index contributed by atoms with van der Waals surface area (Å²) in [6.45, 7) is 0. The van der Waals surface area contributed by atoms with Crippen molar-refractivity contribution >= 4 is 34.1 Å². The minimum absolute atomic E-state index is 0.482. The Kier molecular flexibility index (Phi) is 6.76. The smallest absolute Gasteiger partial charge is 0.258 e. The van der Waals surface area contributed by atoms with Crippen LogP contribution in [0, 0.1) is 60.7 Å². The summed E-state index contributed by atoms with van der Waals surface area (Å²) in [5.74, 6) is -1.77. The summed E-state index contributed by atoms with van der Waals surface area (Å²) in [6, 6.07) is 6.66. The standard InChI is InChI=1S/C19H10N6O12/c26-20(27)10-1-4-13(16(7-10)23(32)33)19(14-5-2-11(21(28)29)8-17(14)24(34)35)15-6-3-12(22(30)31)9-18(15)25(36)37/h1-9,19H. The number of non-ortho nitro benzene ring substituents is 3. The van der Waals surface area contributed by atoms with Crippen LogP contribution in [0.5, 0.6) is 0 Å². The monoisotopic (exact) mass is 514 g/mol. The van der Waals surface area contributed by atoms with Crippen LogP contribution in [0.4, 0.5) is 34.1 Å². The molecule has 18 heteroatoms. The van der Waals surface area contributed by atoms with Crippen LogP contribution in [0.15, 0.2) is 54.6 Å². The third-order valence-corrected chi connectivity index (χ3v) is 5.20. The van der Waals surface area contributed by atoms with Crippen molar-refractivity contribution in [3.8, 4) is 0 Å². The van der Waals surface area contributed by atoms with Gasteiger partial charge in [-0.15, -0.1) is 0 Å². The second-order valence-electron chi connectivity index (χ2n) is 7.21. The van der Waals surface area contributed by atoms with Gasteiger partial charge in [0, 0.05) is 34.9 Å². The van der Waals surface area contributed by atoms with E-state index in [4.69, 9.17) is 0 Å². The molecule has 0 aromatic heterocycles. The number of nitro groups is 6. The molecule has 0 unspecified atom stereocenters. The van der Waals surface area contributed by atoms with E-state index in [2.05, 4.69) is 0 Å². The number of nitro benzene ring substituents is 6. The SMILES string of the molecule is O=[N+]([O-])c1ccc(C(c2ccc([N+](=O)[O-])cc2[N+](=O)[O-])c2ccc([N+](=O)[O-])cc2[N+](=O)[O-])c([N+](=O)[O-])c1. The minimum atomic E-state index is -1.77. The zero-order chi connectivity index (χ0) is 27.6. The number of nitrogens with zero attached hydrogens (tertiary/aromatic N) is 6. The van der Waals surface area contributed by atoms with Gasteiger partial charge >= 0.3 is 0 Å². The topological polar surface area (TPSA) is 259 Å². The molecule has 3 rings (SSSR count). The summed E-state index contributed by atoms with van der Waals surface area (Å²) in [7, 11) is 0. The van der Waals surface area contributed by atoms with Crippen LogP contribution < -0.4 is 0 Å². The van der Waals surface area contributed by atoms with Gasteiger partial charge < -0.3 is 0 Å². The Morgan fingerprint density at radius 3 is 0.838 bits per heavy atom. The van der Waals surface area contributed by atoms with Crippen molar-refractivity contribution < 1.29 is 29.5 Å². The zero-order valence-corrected chi connectivity index (χ0v) is 17.9. The molecular weight excluding hydrogens is 504 g/mol. The molecule has 0 amide bonds. The highest BCUT2D eigenvalue weighted by Crippen LogP contribution is 2.46. The molecule has 0 aliphatic rings. The van der Waals surface area contributed by atoms with E-state index in [0.717, 1.165) is 36.4 Å². The molecule has 0 fully saturated rings. The quantitative estimate of drug-likeness (QED) is 0.219. The van der Waals surface area contributed by atoms with Crippen LogP contribution in [0.2, 0.25) is 0 Å². The number of benzene rings is 3. The average Bonchev–Trinajstić information content (AvgIpc) is 2.83. The van der Waals surface area contributed by atoms with Crippen LogP contribution in [-0.4, -0.2) is 29.5 Å². The van der Waals surface area contributed by atoms with E-state index in [1.165, 1.54) is 0 Å². The number of hydrogen-bond donors (Lipinski definition) is 0. The molecule has 0 spiro atoms. The van der Waals surface area contributed by atoms with Crippen molar-refractivity contribution in [3.05, 3.63) is 132 Å². The lowest BCUT2D eigenvalue weighted by Gasteiger charge is -2.18. The summed E-state index contributed by atoms with van der Waals surface area (Å²) in [4.78, 5) is 63.0. The van der Waals surface area contributed by atoms with Crippen molar-refractivity contribution in [1.82, 2.24) is 0 Å². The number of rotatable bonds is 9. The lowest BCUT2D eigenvalue weighted by molar-refractivity contribution is -0.395. The van der Waals surface area contributed by atoms with Crippen molar-refractivity contribution in [2.24, 2.45) is 0 Å². The molecule has 0 radical (unpaired) electrons. The highest BCUT2D eigenvalue weighted by Gasteiger charge is 2.37. The largest absolute Gasteiger partial charge is 0.280 e. The summed E-state index contributed by atoms with van der Waals surface area (Å²) in [5.41, 5.74) is -6.47. The maximum Gasteiger partial charge on any atom is 0.280 e. The fraction of sp³-hybridized carbons (Fsp3) is 0.0526. The van der Waals surface area contributed by atoms with Gasteiger partial charge in [-0.1, -0.05) is 0 Å². The van der Waals surface area contributed by atoms with Crippen molar-refractivity contribution in [1.29, 1.82) is 0 Å². The normalized spacial score (nSPS) is 10.6. The maximum atomic E-state index is 11.8. The van der Waals surface area contributed by atoms with Gasteiger partial charge in [-0.05, 0) is 18.2 Å². The van der Waals surface area contributed by atoms with Crippen LogP contribution in [0.1, 0.15) is 22.6 Å². The van der Waals surface area contributed by atoms with Gasteiger partial charge in [0.1, 0.15) is 0 Å². The van der Waals surface area contributed by atoms with Crippen LogP contribution in [0.3, 0.4) is 0 Å². The van der Waals surface area contributed by atoms with Gasteiger partial charge in [-0.2, -0.15) is 0 Å². The fourth-order valence-corrected chi connectivity index (χ4v) is 3.65. The first-order valence-corrected chi connectivity index (χ1v) is 9.61. The van der Waals surface area contributed by atoms with Crippen LogP contribution >= 0.6 is 0 Å². The number of hydrogen-bond acceptors (Lipinski definition) is 12. The van der Waals surface area contributed by atoms with Gasteiger partial charge in [0.05, 0.1) is 53.7 Å². The molecule has 3 aromatic carbocycles. The average molecular weight is 514 g/mol. The first-order valence-electron chi connectivity index (χ1n) is 9.61. The third kappa shape index (κ3) is 4.96. The Bertz CT molecular complexity index is 1340. The van der Waals surface area contributed by atoms with E-state index in [9.17, 15) is 60.7 Å². The molecule has 0 bridgehead atoms. The Morgan fingerprint density at radius 2 is 0.649 bits per heavy atom. The second-order valence-corrected chi connectivity index (χ2v) is 7.21. The van der Waals surface area contributed by atoms with Crippen LogP contribution in [-0.2, 0) is 0 Å². The highest BCUT2D eigenvalue weighted by atomic mass is 16.6. The first-order chi connectivity index (χ1) is 17.3. The molecule has 0 atom stereocenters. The zero-order valence-electron chi connectivity index (χ0n) is 17.9. The van der Waals surface area contributed by atoms with Gasteiger partial charge in [0.25, 0.3) is 34.1 Å². The predicted molar refractivity (Wildman–Crippen MR) is 120 cm³/mol. The second kappa shape index (κ2) is 9.74. The molecule has 3 aromatic rings. The molecule has 0 aliphatic carbocycles. The molecule has 0 saturated heterocycles. The minimum Gasteiger partial charge on any atom is -0.258 e. The molecule has 0 N–H and O–H groups in total. The molecular formula is C19H10N6O12. The predicted octanol–water partition coefficient (Wildman–Crippen LogP) is 4.32. The summed E-state index contributed by atoms with van der Waals surface area (Å²) < 4.78 is 0. The lowest BCUT2D eigenvalue weighted by atomic mass is 9.82. The van der Waals surface area contributed by atoms with Gasteiger partial charge in [-0.3, -0.25) is 60.7 Å². The molecule has 0 saturated carbocycles. The van der Waals surface area contributed by atoms with Crippen molar-refractivity contribution in [3.63, 3.8) is 0 Å². The maximum absolute atomic E-state index is 11.8. The fourth-order valence-electron chi connectivity index (χ4n) is 3.65. The summed E-state index contributed by atoms with van der Waals surface area (Å²) in [5, 5.41) is 69.0. The van der Waals surface area contributed by atoms with Gasteiger partial charge in [0.15, 0.2) is 0 Å². The first kappa shape index (κ1) is 25.7. The Labute approximate surface area is 202 Å². The highest BCUT2D eigenvalue weighted by molar-refractivity contribution is 5.65. The van der Waals surface area contributed by atoms with Crippen LogP contribution in [0.25, 0.3) is 0 Å². The van der Waals surface area contributed by atoms with E-state index in [1.807, 2.05) is 0 Å². The van der Waals surface area contributed by atoms with Gasteiger partial charge in [-0.25, -0.2) is 0 Å². The van der Waals surface area contributed by atoms with E-state index in [0.29, 0.717) is 18.2 Å². The molecule has 18 nitrogen and oxygen atoms in total. The molecule has 0 aliphatic heterocycles. The summed E-state index contributed by atoms with van der Waals surface area (Å²) in [6.07, 6.45) is 0. The van der Waals surface area contributed by atoms with Gasteiger partial charge in [0.2, 0.25) is 0 Å². The Balaban J connectivity index is 2.50. The Morgan fingerprint density at radius 1 is 0.405 bits per heavy atom. The lowest BCUT2D eigenvalue weighted by Crippen LogP contribution is -2.12. The third-order valence-electron chi connectivity index (χ3n) is 5.20. The van der Waals surface area contributed by atoms with E-state index < -0.39 is 86.3 Å². The van der Waals surface area contributed by atoms with E-state index in [1.54, 1.807) is 0 Å².